The number of hydrogen-bond acceptors (Lipinski definition) is 2. The maximum atomic E-state index is 7.49. The lowest BCUT2D eigenvalue weighted by Crippen LogP contribution is -2.30. The smallest absolute Gasteiger partial charge is 0.0963 e. The Hall–Kier alpha value is -0.480. The van der Waals surface area contributed by atoms with Crippen molar-refractivity contribution in [1.29, 1.82) is 5.41 Å². The molecule has 0 spiro atoms. The maximum absolute atomic E-state index is 7.49. The first-order chi connectivity index (χ1) is 7.92. The average Bonchev–Trinajstić information content (AvgIpc) is 2.24. The fourth-order valence-electron chi connectivity index (χ4n) is 1.40. The Labute approximate surface area is 116 Å². The number of nitrogens with two attached hydrogens (primary N) is 1. The zero-order valence-electron chi connectivity index (χ0n) is 10.3. The molecule has 0 radical (unpaired) electrons. The van der Waals surface area contributed by atoms with Crippen LogP contribution in [0.3, 0.4) is 0 Å². The summed E-state index contributed by atoms with van der Waals surface area (Å²) in [5, 5.41) is 7.49. The van der Waals surface area contributed by atoms with Gasteiger partial charge in [0.25, 0.3) is 0 Å². The minimum atomic E-state index is -0.169. The molecule has 0 heterocycles. The Morgan fingerprint density at radius 2 is 2.18 bits per heavy atom. The van der Waals surface area contributed by atoms with Crippen LogP contribution in [-0.2, 0) is 0 Å². The molecule has 1 aromatic carbocycles. The third-order valence-electron chi connectivity index (χ3n) is 2.74. The number of hydrogen-bond donors (Lipinski definition) is 2. The van der Waals surface area contributed by atoms with Crippen LogP contribution in [0.2, 0.25) is 0 Å². The fourth-order valence-corrected chi connectivity index (χ4v) is 2.86. The minimum absolute atomic E-state index is 0.169. The van der Waals surface area contributed by atoms with E-state index in [0.717, 1.165) is 23.1 Å². The molecule has 1 aromatic rings. The second-order valence-corrected chi connectivity index (χ2v) is 6.79. The number of nitrogens with one attached hydrogen (secondary N) is 1. The molecule has 0 amide bonds. The Morgan fingerprint density at radius 3 is 2.76 bits per heavy atom. The summed E-state index contributed by atoms with van der Waals surface area (Å²) in [7, 11) is 0. The molecule has 0 saturated carbocycles. The number of benzene rings is 1. The van der Waals surface area contributed by atoms with E-state index in [0.29, 0.717) is 0 Å². The number of thioether (sulfide) groups is 1. The van der Waals surface area contributed by atoms with Crippen molar-refractivity contribution in [2.24, 2.45) is 11.1 Å². The van der Waals surface area contributed by atoms with E-state index >= 15 is 0 Å². The number of rotatable bonds is 6. The van der Waals surface area contributed by atoms with Gasteiger partial charge in [-0.1, -0.05) is 35.8 Å². The lowest BCUT2D eigenvalue weighted by Gasteiger charge is -2.22. The molecule has 0 saturated heterocycles. The molecule has 17 heavy (non-hydrogen) atoms. The van der Waals surface area contributed by atoms with E-state index in [-0.39, 0.29) is 11.3 Å². The molecule has 2 nitrogen and oxygen atoms in total. The molecular formula is C13H19BrN2S. The third-order valence-corrected chi connectivity index (χ3v) is 4.31. The summed E-state index contributed by atoms with van der Waals surface area (Å²) >= 11 is 5.31. The van der Waals surface area contributed by atoms with E-state index in [1.165, 1.54) is 4.90 Å². The van der Waals surface area contributed by atoms with Crippen molar-refractivity contribution in [2.75, 3.05) is 5.75 Å². The number of amidine groups is 1. The van der Waals surface area contributed by atoms with Crippen LogP contribution in [0.5, 0.6) is 0 Å². The van der Waals surface area contributed by atoms with E-state index < -0.39 is 0 Å². The molecule has 0 aliphatic heterocycles. The zero-order chi connectivity index (χ0) is 12.9. The third kappa shape index (κ3) is 5.13. The number of halogens is 1. The van der Waals surface area contributed by atoms with Gasteiger partial charge in [0.1, 0.15) is 0 Å². The van der Waals surface area contributed by atoms with Crippen molar-refractivity contribution >= 4 is 33.5 Å². The second kappa shape index (κ2) is 6.45. The van der Waals surface area contributed by atoms with Crippen molar-refractivity contribution in [3.63, 3.8) is 0 Å². The Bertz CT molecular complexity index is 391. The highest BCUT2D eigenvalue weighted by atomic mass is 79.9. The van der Waals surface area contributed by atoms with Crippen LogP contribution in [0.4, 0.5) is 0 Å². The standard InChI is InChI=1S/C13H19BrN2S/c1-13(2,12(15)16)7-4-8-17-11-6-3-5-10(14)9-11/h3,5-6,9H,4,7-8H2,1-2H3,(H3,15,16). The van der Waals surface area contributed by atoms with Crippen molar-refractivity contribution in [3.8, 4) is 0 Å². The van der Waals surface area contributed by atoms with Crippen molar-refractivity contribution in [3.05, 3.63) is 28.7 Å². The first-order valence-corrected chi connectivity index (χ1v) is 7.42. The molecular weight excluding hydrogens is 296 g/mol. The van der Waals surface area contributed by atoms with Gasteiger partial charge in [0.15, 0.2) is 0 Å². The Kier molecular flexibility index (Phi) is 5.53. The summed E-state index contributed by atoms with van der Waals surface area (Å²) in [6, 6.07) is 8.32. The molecule has 0 fully saturated rings. The first kappa shape index (κ1) is 14.6. The normalized spacial score (nSPS) is 11.5. The lowest BCUT2D eigenvalue weighted by atomic mass is 9.87. The first-order valence-electron chi connectivity index (χ1n) is 5.65. The predicted octanol–water partition coefficient (Wildman–Crippen LogP) is 4.28. The SMILES string of the molecule is CC(C)(CCCSc1cccc(Br)c1)C(=N)N. The van der Waals surface area contributed by atoms with E-state index in [1.54, 1.807) is 0 Å². The van der Waals surface area contributed by atoms with Gasteiger partial charge in [-0.05, 0) is 36.8 Å². The van der Waals surface area contributed by atoms with Gasteiger partial charge >= 0.3 is 0 Å². The van der Waals surface area contributed by atoms with Gasteiger partial charge in [0, 0.05) is 14.8 Å². The van der Waals surface area contributed by atoms with Crippen LogP contribution in [0.1, 0.15) is 26.7 Å². The summed E-state index contributed by atoms with van der Waals surface area (Å²) in [6.07, 6.45) is 2.03. The molecule has 0 unspecified atom stereocenters. The van der Waals surface area contributed by atoms with Gasteiger partial charge < -0.3 is 5.73 Å². The summed E-state index contributed by atoms with van der Waals surface area (Å²) in [4.78, 5) is 1.28. The van der Waals surface area contributed by atoms with E-state index in [2.05, 4.69) is 28.1 Å². The molecule has 0 bridgehead atoms. The Morgan fingerprint density at radius 1 is 1.47 bits per heavy atom. The molecule has 94 valence electrons. The van der Waals surface area contributed by atoms with Crippen LogP contribution in [0, 0.1) is 10.8 Å². The summed E-state index contributed by atoms with van der Waals surface area (Å²) in [6.45, 7) is 4.05. The maximum Gasteiger partial charge on any atom is 0.0963 e. The molecule has 0 aliphatic carbocycles. The highest BCUT2D eigenvalue weighted by Gasteiger charge is 2.20. The van der Waals surface area contributed by atoms with Gasteiger partial charge in [0.2, 0.25) is 0 Å². The van der Waals surface area contributed by atoms with Gasteiger partial charge in [-0.15, -0.1) is 11.8 Å². The predicted molar refractivity (Wildman–Crippen MR) is 79.8 cm³/mol. The quantitative estimate of drug-likeness (QED) is 0.356. The van der Waals surface area contributed by atoms with Crippen molar-refractivity contribution < 1.29 is 0 Å². The van der Waals surface area contributed by atoms with Gasteiger partial charge in [0.05, 0.1) is 5.84 Å². The van der Waals surface area contributed by atoms with Crippen LogP contribution in [0.25, 0.3) is 0 Å². The van der Waals surface area contributed by atoms with Gasteiger partial charge in [-0.2, -0.15) is 0 Å². The highest BCUT2D eigenvalue weighted by Crippen LogP contribution is 2.26. The zero-order valence-corrected chi connectivity index (χ0v) is 12.7. The summed E-state index contributed by atoms with van der Waals surface area (Å²) < 4.78 is 1.12. The van der Waals surface area contributed by atoms with Crippen molar-refractivity contribution in [2.45, 2.75) is 31.6 Å². The molecule has 0 atom stereocenters. The van der Waals surface area contributed by atoms with Crippen LogP contribution in [-0.4, -0.2) is 11.6 Å². The monoisotopic (exact) mass is 314 g/mol. The van der Waals surface area contributed by atoms with E-state index in [4.69, 9.17) is 11.1 Å². The van der Waals surface area contributed by atoms with Crippen LogP contribution in [0.15, 0.2) is 33.6 Å². The molecule has 4 heteroatoms. The summed E-state index contributed by atoms with van der Waals surface area (Å²) in [5.41, 5.74) is 5.38. The molecule has 3 N–H and O–H groups in total. The minimum Gasteiger partial charge on any atom is -0.387 e. The van der Waals surface area contributed by atoms with Gasteiger partial charge in [-0.25, -0.2) is 0 Å². The van der Waals surface area contributed by atoms with Crippen LogP contribution >= 0.6 is 27.7 Å². The van der Waals surface area contributed by atoms with Crippen molar-refractivity contribution in [1.82, 2.24) is 0 Å². The lowest BCUT2D eigenvalue weighted by molar-refractivity contribution is 0.464. The molecule has 0 aliphatic rings. The molecule has 0 aromatic heterocycles. The average molecular weight is 315 g/mol. The second-order valence-electron chi connectivity index (χ2n) is 4.71. The largest absolute Gasteiger partial charge is 0.387 e. The Balaban J connectivity index is 2.32. The summed E-state index contributed by atoms with van der Waals surface area (Å²) in [5.74, 6) is 1.35. The highest BCUT2D eigenvalue weighted by molar-refractivity contribution is 9.10. The van der Waals surface area contributed by atoms with E-state index in [9.17, 15) is 0 Å². The molecule has 1 rings (SSSR count). The van der Waals surface area contributed by atoms with Gasteiger partial charge in [-0.3, -0.25) is 5.41 Å². The topological polar surface area (TPSA) is 49.9 Å². The fraction of sp³-hybridized carbons (Fsp3) is 0.462. The van der Waals surface area contributed by atoms with E-state index in [1.807, 2.05) is 37.7 Å². The van der Waals surface area contributed by atoms with Crippen LogP contribution < -0.4 is 5.73 Å².